The molecule has 1 amide bonds. The molecule has 1 aliphatic heterocycles. The SMILES string of the molecule is CNCC1CCCN(C(=O)c2cc(-c3cccnc3)nc3ccccc23)C1.Cl.Cl. The quantitative estimate of drug-likeness (QED) is 0.670. The molecule has 0 spiro atoms. The molecule has 154 valence electrons. The summed E-state index contributed by atoms with van der Waals surface area (Å²) in [6.07, 6.45) is 5.75. The fourth-order valence-electron chi connectivity index (χ4n) is 3.89. The van der Waals surface area contributed by atoms with Crippen LogP contribution in [0.4, 0.5) is 0 Å². The van der Waals surface area contributed by atoms with Gasteiger partial charge in [0, 0.05) is 36.4 Å². The van der Waals surface area contributed by atoms with Crippen molar-refractivity contribution < 1.29 is 4.79 Å². The number of fused-ring (bicyclic) bond motifs is 1. The Bertz CT molecular complexity index is 950. The van der Waals surface area contributed by atoms with Crippen molar-refractivity contribution in [2.24, 2.45) is 5.92 Å². The Balaban J connectivity index is 0.00000150. The molecule has 7 heteroatoms. The van der Waals surface area contributed by atoms with E-state index in [-0.39, 0.29) is 30.7 Å². The molecule has 29 heavy (non-hydrogen) atoms. The van der Waals surface area contributed by atoms with Crippen LogP contribution in [0.25, 0.3) is 22.2 Å². The zero-order valence-electron chi connectivity index (χ0n) is 16.4. The molecule has 3 aromatic rings. The Hall–Kier alpha value is -2.21. The van der Waals surface area contributed by atoms with Crippen molar-refractivity contribution in [3.8, 4) is 11.3 Å². The highest BCUT2D eigenvalue weighted by molar-refractivity contribution is 6.07. The molecule has 0 bridgehead atoms. The first-order valence-electron chi connectivity index (χ1n) is 9.50. The Morgan fingerprint density at radius 1 is 1.21 bits per heavy atom. The Morgan fingerprint density at radius 2 is 2.03 bits per heavy atom. The molecule has 1 saturated heterocycles. The van der Waals surface area contributed by atoms with Gasteiger partial charge in [0.15, 0.2) is 0 Å². The second-order valence-corrected chi connectivity index (χ2v) is 7.13. The molecule has 1 fully saturated rings. The summed E-state index contributed by atoms with van der Waals surface area (Å²) in [5.41, 5.74) is 3.27. The minimum Gasteiger partial charge on any atom is -0.338 e. The Morgan fingerprint density at radius 3 is 2.79 bits per heavy atom. The fourth-order valence-corrected chi connectivity index (χ4v) is 3.89. The number of carbonyl (C=O) groups is 1. The highest BCUT2D eigenvalue weighted by Gasteiger charge is 2.25. The first-order chi connectivity index (χ1) is 13.3. The van der Waals surface area contributed by atoms with Crippen molar-refractivity contribution in [2.45, 2.75) is 12.8 Å². The first kappa shape index (κ1) is 23.1. The van der Waals surface area contributed by atoms with Gasteiger partial charge in [-0.05, 0) is 56.6 Å². The third-order valence-corrected chi connectivity index (χ3v) is 5.20. The van der Waals surface area contributed by atoms with Crippen LogP contribution in [-0.2, 0) is 0 Å². The van der Waals surface area contributed by atoms with Crippen LogP contribution in [0.5, 0.6) is 0 Å². The third kappa shape index (κ3) is 5.04. The summed E-state index contributed by atoms with van der Waals surface area (Å²) in [7, 11) is 1.97. The molecule has 3 heterocycles. The summed E-state index contributed by atoms with van der Waals surface area (Å²) in [6, 6.07) is 13.7. The van der Waals surface area contributed by atoms with Crippen LogP contribution in [0.2, 0.25) is 0 Å². The van der Waals surface area contributed by atoms with Crippen LogP contribution in [-0.4, -0.2) is 47.5 Å². The van der Waals surface area contributed by atoms with Crippen LogP contribution in [0.3, 0.4) is 0 Å². The molecule has 2 aromatic heterocycles. The Labute approximate surface area is 183 Å². The summed E-state index contributed by atoms with van der Waals surface area (Å²) in [4.78, 5) is 24.4. The van der Waals surface area contributed by atoms with E-state index < -0.39 is 0 Å². The lowest BCUT2D eigenvalue weighted by Crippen LogP contribution is -2.42. The van der Waals surface area contributed by atoms with Crippen molar-refractivity contribution in [1.82, 2.24) is 20.2 Å². The van der Waals surface area contributed by atoms with Crippen molar-refractivity contribution >= 4 is 41.6 Å². The number of hydrogen-bond donors (Lipinski definition) is 1. The zero-order valence-corrected chi connectivity index (χ0v) is 18.0. The Kier molecular flexibility index (Phi) is 8.38. The third-order valence-electron chi connectivity index (χ3n) is 5.20. The van der Waals surface area contributed by atoms with E-state index in [1.807, 2.05) is 54.4 Å². The maximum atomic E-state index is 13.4. The molecule has 1 N–H and O–H groups in total. The number of pyridine rings is 2. The van der Waals surface area contributed by atoms with Gasteiger partial charge in [0.25, 0.3) is 5.91 Å². The normalized spacial score (nSPS) is 16.0. The van der Waals surface area contributed by atoms with Gasteiger partial charge in [0.1, 0.15) is 0 Å². The molecule has 1 aliphatic rings. The summed E-state index contributed by atoms with van der Waals surface area (Å²) < 4.78 is 0. The molecule has 0 aliphatic carbocycles. The van der Waals surface area contributed by atoms with E-state index in [0.717, 1.165) is 53.8 Å². The van der Waals surface area contributed by atoms with Gasteiger partial charge < -0.3 is 10.2 Å². The number of likely N-dealkylation sites (tertiary alicyclic amines) is 1. The van der Waals surface area contributed by atoms with E-state index >= 15 is 0 Å². The number of piperidine rings is 1. The standard InChI is InChI=1S/C22H24N4O.2ClH/c1-23-13-16-6-5-11-26(15-16)22(27)19-12-21(17-7-4-10-24-14-17)25-20-9-3-2-8-18(19)20;;/h2-4,7-10,12,14,16,23H,5-6,11,13,15H2,1H3;2*1H. The summed E-state index contributed by atoms with van der Waals surface area (Å²) in [6.45, 7) is 2.57. The number of nitrogens with one attached hydrogen (secondary N) is 1. The minimum absolute atomic E-state index is 0. The maximum absolute atomic E-state index is 13.4. The highest BCUT2D eigenvalue weighted by Crippen LogP contribution is 2.27. The number of rotatable bonds is 4. The van der Waals surface area contributed by atoms with Gasteiger partial charge in [0.2, 0.25) is 0 Å². The topological polar surface area (TPSA) is 58.1 Å². The van der Waals surface area contributed by atoms with Gasteiger partial charge in [-0.2, -0.15) is 0 Å². The van der Waals surface area contributed by atoms with Gasteiger partial charge in [0.05, 0.1) is 16.8 Å². The molecule has 1 atom stereocenters. The lowest BCUT2D eigenvalue weighted by molar-refractivity contribution is 0.0676. The highest BCUT2D eigenvalue weighted by atomic mass is 35.5. The minimum atomic E-state index is 0. The largest absolute Gasteiger partial charge is 0.338 e. The summed E-state index contributed by atoms with van der Waals surface area (Å²) in [5, 5.41) is 4.15. The first-order valence-corrected chi connectivity index (χ1v) is 9.50. The van der Waals surface area contributed by atoms with Gasteiger partial charge in [-0.1, -0.05) is 18.2 Å². The number of benzene rings is 1. The van der Waals surface area contributed by atoms with Crippen LogP contribution in [0, 0.1) is 5.92 Å². The fraction of sp³-hybridized carbons (Fsp3) is 0.318. The number of nitrogens with zero attached hydrogens (tertiary/aromatic N) is 3. The lowest BCUT2D eigenvalue weighted by Gasteiger charge is -2.33. The van der Waals surface area contributed by atoms with E-state index in [4.69, 9.17) is 4.98 Å². The number of hydrogen-bond acceptors (Lipinski definition) is 4. The van der Waals surface area contributed by atoms with Crippen molar-refractivity contribution in [3.05, 3.63) is 60.4 Å². The van der Waals surface area contributed by atoms with E-state index in [1.165, 1.54) is 6.42 Å². The zero-order chi connectivity index (χ0) is 18.6. The van der Waals surface area contributed by atoms with Crippen LogP contribution in [0.15, 0.2) is 54.9 Å². The van der Waals surface area contributed by atoms with E-state index in [2.05, 4.69) is 10.3 Å². The predicted molar refractivity (Wildman–Crippen MR) is 122 cm³/mol. The van der Waals surface area contributed by atoms with Gasteiger partial charge in [-0.15, -0.1) is 24.8 Å². The number of amides is 1. The van der Waals surface area contributed by atoms with E-state index in [9.17, 15) is 4.79 Å². The second kappa shape index (κ2) is 10.5. The number of para-hydroxylation sites is 1. The van der Waals surface area contributed by atoms with Crippen LogP contribution < -0.4 is 5.32 Å². The summed E-state index contributed by atoms with van der Waals surface area (Å²) >= 11 is 0. The van der Waals surface area contributed by atoms with Gasteiger partial charge >= 0.3 is 0 Å². The smallest absolute Gasteiger partial charge is 0.254 e. The van der Waals surface area contributed by atoms with Crippen molar-refractivity contribution in [1.29, 1.82) is 0 Å². The van der Waals surface area contributed by atoms with Gasteiger partial charge in [-0.25, -0.2) is 4.98 Å². The van der Waals surface area contributed by atoms with Gasteiger partial charge in [-0.3, -0.25) is 9.78 Å². The number of halogens is 2. The van der Waals surface area contributed by atoms with Crippen LogP contribution >= 0.6 is 24.8 Å². The van der Waals surface area contributed by atoms with E-state index in [0.29, 0.717) is 5.92 Å². The molecule has 1 aromatic carbocycles. The average Bonchev–Trinajstić information content (AvgIpc) is 2.73. The molecular formula is C22H26Cl2N4O. The predicted octanol–water partition coefficient (Wildman–Crippen LogP) is 4.21. The monoisotopic (exact) mass is 432 g/mol. The maximum Gasteiger partial charge on any atom is 0.254 e. The molecular weight excluding hydrogens is 407 g/mol. The molecule has 0 saturated carbocycles. The second-order valence-electron chi connectivity index (χ2n) is 7.13. The lowest BCUT2D eigenvalue weighted by atomic mass is 9.96. The van der Waals surface area contributed by atoms with Crippen molar-refractivity contribution in [2.75, 3.05) is 26.7 Å². The molecule has 4 rings (SSSR count). The molecule has 1 unspecified atom stereocenters. The molecule has 0 radical (unpaired) electrons. The average molecular weight is 433 g/mol. The van der Waals surface area contributed by atoms with Crippen molar-refractivity contribution in [3.63, 3.8) is 0 Å². The van der Waals surface area contributed by atoms with Crippen LogP contribution in [0.1, 0.15) is 23.2 Å². The summed E-state index contributed by atoms with van der Waals surface area (Å²) in [5.74, 6) is 0.609. The molecule has 5 nitrogen and oxygen atoms in total. The number of carbonyl (C=O) groups excluding carboxylic acids is 1. The van der Waals surface area contributed by atoms with E-state index in [1.54, 1.807) is 12.4 Å². The number of aromatic nitrogens is 2.